The van der Waals surface area contributed by atoms with Gasteiger partial charge in [-0.15, -0.1) is 17.5 Å². The van der Waals surface area contributed by atoms with Gasteiger partial charge < -0.3 is 15.4 Å². The van der Waals surface area contributed by atoms with Gasteiger partial charge in [-0.3, -0.25) is 10.1 Å². The van der Waals surface area contributed by atoms with Crippen molar-refractivity contribution in [1.82, 2.24) is 25.1 Å². The molecule has 1 aliphatic heterocycles. The molecule has 0 unspecified atom stereocenters. The van der Waals surface area contributed by atoms with E-state index in [2.05, 4.69) is 37.0 Å². The van der Waals surface area contributed by atoms with Crippen LogP contribution in [-0.2, 0) is 0 Å². The SMILES string of the molecule is CC1(N)CCN(c2cnc3c(Oc4cnccc4Cl)n[nH]c3n2)CC1.Cl. The molecule has 0 amide bonds. The second-order valence-corrected chi connectivity index (χ2v) is 6.91. The van der Waals surface area contributed by atoms with Gasteiger partial charge in [-0.1, -0.05) is 11.6 Å². The van der Waals surface area contributed by atoms with Crippen molar-refractivity contribution in [2.24, 2.45) is 5.73 Å². The van der Waals surface area contributed by atoms with E-state index in [0.29, 0.717) is 27.8 Å². The van der Waals surface area contributed by atoms with E-state index in [-0.39, 0.29) is 17.9 Å². The first-order chi connectivity index (χ1) is 12.0. The first kappa shape index (κ1) is 18.6. The third-order valence-corrected chi connectivity index (χ3v) is 4.71. The van der Waals surface area contributed by atoms with E-state index >= 15 is 0 Å². The Morgan fingerprint density at radius 2 is 2.08 bits per heavy atom. The molecule has 0 radical (unpaired) electrons. The number of hydrogen-bond donors (Lipinski definition) is 2. The summed E-state index contributed by atoms with van der Waals surface area (Å²) in [4.78, 5) is 15.2. The van der Waals surface area contributed by atoms with Crippen LogP contribution in [0.5, 0.6) is 11.6 Å². The number of H-pyrrole nitrogens is 1. The van der Waals surface area contributed by atoms with Gasteiger partial charge in [-0.2, -0.15) is 0 Å². The number of aromatic amines is 1. The summed E-state index contributed by atoms with van der Waals surface area (Å²) >= 11 is 6.09. The maximum absolute atomic E-state index is 6.19. The van der Waals surface area contributed by atoms with Crippen molar-refractivity contribution in [1.29, 1.82) is 0 Å². The van der Waals surface area contributed by atoms with Crippen molar-refractivity contribution in [3.05, 3.63) is 29.7 Å². The van der Waals surface area contributed by atoms with Crippen molar-refractivity contribution >= 4 is 41.0 Å². The van der Waals surface area contributed by atoms with Crippen LogP contribution < -0.4 is 15.4 Å². The van der Waals surface area contributed by atoms with Gasteiger partial charge in [0.05, 0.1) is 17.4 Å². The predicted octanol–water partition coefficient (Wildman–Crippen LogP) is 2.93. The molecule has 0 saturated carbocycles. The summed E-state index contributed by atoms with van der Waals surface area (Å²) in [6, 6.07) is 1.65. The third kappa shape index (κ3) is 3.67. The monoisotopic (exact) mass is 395 g/mol. The number of pyridine rings is 1. The average Bonchev–Trinajstić information content (AvgIpc) is 2.99. The molecule has 138 valence electrons. The van der Waals surface area contributed by atoms with Crippen LogP contribution >= 0.6 is 24.0 Å². The van der Waals surface area contributed by atoms with Gasteiger partial charge in [0.25, 0.3) is 5.88 Å². The van der Waals surface area contributed by atoms with Gasteiger partial charge in [0.1, 0.15) is 5.82 Å². The largest absolute Gasteiger partial charge is 0.433 e. The molecule has 3 N–H and O–H groups in total. The average molecular weight is 396 g/mol. The second kappa shape index (κ2) is 7.22. The molecule has 4 rings (SSSR count). The Bertz CT molecular complexity index is 905. The van der Waals surface area contributed by atoms with Crippen LogP contribution in [0.25, 0.3) is 11.2 Å². The lowest BCUT2D eigenvalue weighted by atomic mass is 9.91. The van der Waals surface area contributed by atoms with Crippen LogP contribution in [0.4, 0.5) is 5.82 Å². The number of ether oxygens (including phenoxy) is 1. The van der Waals surface area contributed by atoms with Gasteiger partial charge in [0, 0.05) is 24.8 Å². The standard InChI is InChI=1S/C16H18ClN7O.ClH/c1-16(18)3-6-24(7-4-16)12-9-20-13-14(21-12)22-23-15(13)25-11-8-19-5-2-10(11)17;/h2,5,8-9H,3-4,6-7,18H2,1H3,(H,21,22,23);1H. The summed E-state index contributed by atoms with van der Waals surface area (Å²) < 4.78 is 5.71. The van der Waals surface area contributed by atoms with Crippen LogP contribution in [0.2, 0.25) is 5.02 Å². The number of rotatable bonds is 3. The molecule has 3 aromatic rings. The summed E-state index contributed by atoms with van der Waals surface area (Å²) in [5.41, 5.74) is 7.19. The lowest BCUT2D eigenvalue weighted by Gasteiger charge is -2.37. The smallest absolute Gasteiger partial charge is 0.266 e. The number of aromatic nitrogens is 5. The molecule has 8 nitrogen and oxygen atoms in total. The number of nitrogens with two attached hydrogens (primary N) is 1. The molecule has 1 saturated heterocycles. The summed E-state index contributed by atoms with van der Waals surface area (Å²) in [5, 5.41) is 7.46. The number of anilines is 1. The fraction of sp³-hybridized carbons (Fsp3) is 0.375. The molecular formula is C16H19Cl2N7O. The highest BCUT2D eigenvalue weighted by Crippen LogP contribution is 2.31. The molecule has 0 aliphatic carbocycles. The quantitative estimate of drug-likeness (QED) is 0.701. The van der Waals surface area contributed by atoms with E-state index in [1.54, 1.807) is 18.5 Å². The highest BCUT2D eigenvalue weighted by Gasteiger charge is 2.27. The van der Waals surface area contributed by atoms with Crippen molar-refractivity contribution in [3.8, 4) is 11.6 Å². The first-order valence-electron chi connectivity index (χ1n) is 8.04. The molecule has 1 aliphatic rings. The van der Waals surface area contributed by atoms with Gasteiger partial charge in [-0.05, 0) is 25.8 Å². The van der Waals surface area contributed by atoms with E-state index in [1.807, 2.05) is 0 Å². The topological polar surface area (TPSA) is 106 Å². The molecule has 0 bridgehead atoms. The maximum atomic E-state index is 6.19. The van der Waals surface area contributed by atoms with Gasteiger partial charge in [0.2, 0.25) is 0 Å². The van der Waals surface area contributed by atoms with Crippen molar-refractivity contribution in [3.63, 3.8) is 0 Å². The predicted molar refractivity (Wildman–Crippen MR) is 102 cm³/mol. The highest BCUT2D eigenvalue weighted by molar-refractivity contribution is 6.32. The van der Waals surface area contributed by atoms with E-state index < -0.39 is 0 Å². The molecule has 26 heavy (non-hydrogen) atoms. The van der Waals surface area contributed by atoms with Crippen molar-refractivity contribution < 1.29 is 4.74 Å². The molecule has 10 heteroatoms. The molecule has 0 aromatic carbocycles. The Morgan fingerprint density at radius 1 is 1.31 bits per heavy atom. The number of nitrogens with zero attached hydrogens (tertiary/aromatic N) is 5. The molecule has 1 fully saturated rings. The second-order valence-electron chi connectivity index (χ2n) is 6.50. The van der Waals surface area contributed by atoms with Crippen LogP contribution in [-0.4, -0.2) is 43.8 Å². The molecule has 3 aromatic heterocycles. The number of halogens is 2. The maximum Gasteiger partial charge on any atom is 0.266 e. The zero-order valence-electron chi connectivity index (χ0n) is 14.1. The molecule has 0 spiro atoms. The number of piperidine rings is 1. The van der Waals surface area contributed by atoms with E-state index in [0.717, 1.165) is 31.7 Å². The fourth-order valence-electron chi connectivity index (χ4n) is 2.78. The van der Waals surface area contributed by atoms with Crippen LogP contribution in [0.1, 0.15) is 19.8 Å². The van der Waals surface area contributed by atoms with Crippen LogP contribution in [0.3, 0.4) is 0 Å². The highest BCUT2D eigenvalue weighted by atomic mass is 35.5. The minimum absolute atomic E-state index is 0. The zero-order chi connectivity index (χ0) is 17.4. The Balaban J connectivity index is 0.00000196. The van der Waals surface area contributed by atoms with Crippen LogP contribution in [0, 0.1) is 0 Å². The minimum atomic E-state index is -0.105. The zero-order valence-corrected chi connectivity index (χ0v) is 15.7. The summed E-state index contributed by atoms with van der Waals surface area (Å²) in [7, 11) is 0. The summed E-state index contributed by atoms with van der Waals surface area (Å²) in [6.45, 7) is 3.80. The van der Waals surface area contributed by atoms with E-state index in [1.165, 1.54) is 6.20 Å². The van der Waals surface area contributed by atoms with Gasteiger partial charge in [0.15, 0.2) is 16.9 Å². The molecule has 4 heterocycles. The minimum Gasteiger partial charge on any atom is -0.433 e. The fourth-order valence-corrected chi connectivity index (χ4v) is 2.93. The van der Waals surface area contributed by atoms with Crippen molar-refractivity contribution in [2.75, 3.05) is 18.0 Å². The van der Waals surface area contributed by atoms with E-state index in [9.17, 15) is 0 Å². The normalized spacial score (nSPS) is 16.3. The summed E-state index contributed by atoms with van der Waals surface area (Å²) in [6.07, 6.45) is 6.69. The lowest BCUT2D eigenvalue weighted by Crippen LogP contribution is -2.48. The Labute approximate surface area is 161 Å². The van der Waals surface area contributed by atoms with Gasteiger partial charge in [-0.25, -0.2) is 9.97 Å². The van der Waals surface area contributed by atoms with Crippen molar-refractivity contribution in [2.45, 2.75) is 25.3 Å². The third-order valence-electron chi connectivity index (χ3n) is 4.40. The molecule has 0 atom stereocenters. The Morgan fingerprint density at radius 3 is 2.81 bits per heavy atom. The summed E-state index contributed by atoms with van der Waals surface area (Å²) in [5.74, 6) is 1.54. The van der Waals surface area contributed by atoms with E-state index in [4.69, 9.17) is 22.1 Å². The number of nitrogens with one attached hydrogen (secondary N) is 1. The Hall–Kier alpha value is -2.16. The Kier molecular flexibility index (Phi) is 5.17. The first-order valence-corrected chi connectivity index (χ1v) is 8.42. The number of hydrogen-bond acceptors (Lipinski definition) is 7. The van der Waals surface area contributed by atoms with Gasteiger partial charge >= 0.3 is 0 Å². The van der Waals surface area contributed by atoms with Crippen LogP contribution in [0.15, 0.2) is 24.7 Å². The molecular weight excluding hydrogens is 377 g/mol. The lowest BCUT2D eigenvalue weighted by molar-refractivity contribution is 0.363. The number of fused-ring (bicyclic) bond motifs is 1.